The quantitative estimate of drug-likeness (QED) is 0.173. The van der Waals surface area contributed by atoms with Crippen LogP contribution in [0.25, 0.3) is 11.0 Å². The van der Waals surface area contributed by atoms with E-state index in [1.165, 1.54) is 6.20 Å². The third-order valence-electron chi connectivity index (χ3n) is 5.48. The van der Waals surface area contributed by atoms with E-state index in [1.807, 2.05) is 32.0 Å². The van der Waals surface area contributed by atoms with Gasteiger partial charge in [-0.2, -0.15) is 13.2 Å². The van der Waals surface area contributed by atoms with Gasteiger partial charge in [0, 0.05) is 12.6 Å². The lowest BCUT2D eigenvalue weighted by atomic mass is 10.3. The van der Waals surface area contributed by atoms with Crippen molar-refractivity contribution in [1.29, 1.82) is 0 Å². The molecular formula is C24H30ClF3N8O5. The summed E-state index contributed by atoms with van der Waals surface area (Å²) in [7, 11) is 0. The Hall–Kier alpha value is -4.18. The van der Waals surface area contributed by atoms with Gasteiger partial charge in [0.1, 0.15) is 23.4 Å². The average Bonchev–Trinajstić information content (AvgIpc) is 3.23. The summed E-state index contributed by atoms with van der Waals surface area (Å²) >= 11 is 5.86. The van der Waals surface area contributed by atoms with Crippen LogP contribution in [-0.2, 0) is 29.2 Å². The number of benzene rings is 1. The van der Waals surface area contributed by atoms with Gasteiger partial charge in [0.05, 0.1) is 19.3 Å². The minimum atomic E-state index is -5.19. The Labute approximate surface area is 237 Å². The lowest BCUT2D eigenvalue weighted by molar-refractivity contribution is -0.676. The number of amides is 2. The Morgan fingerprint density at radius 3 is 2.49 bits per heavy atom. The Kier molecular flexibility index (Phi) is 12.1. The summed E-state index contributed by atoms with van der Waals surface area (Å²) in [5, 5.41) is 14.5. The van der Waals surface area contributed by atoms with Crippen molar-refractivity contribution in [1.82, 2.24) is 25.2 Å². The zero-order valence-corrected chi connectivity index (χ0v) is 23.0. The Bertz CT molecular complexity index is 1380. The number of nitrogens with two attached hydrogens (primary N) is 2. The van der Waals surface area contributed by atoms with Gasteiger partial charge in [-0.05, 0) is 38.9 Å². The van der Waals surface area contributed by atoms with Crippen molar-refractivity contribution in [3.63, 3.8) is 0 Å². The Balaban J connectivity index is 0.000000745. The number of anilines is 1. The van der Waals surface area contributed by atoms with Crippen molar-refractivity contribution in [3.05, 3.63) is 41.1 Å². The number of nitrogen functional groups attached to an aromatic ring is 1. The number of hydrogen-bond donors (Lipinski definition) is 4. The SMILES string of the molecule is CCn1c(CNC(=O)c2nc(Cl)cnc2N)[n+](CC)c2ccc(OCC(=O)NCCCN)cc21.O=C([O-])C(F)(F)F. The third kappa shape index (κ3) is 9.18. The first-order chi connectivity index (χ1) is 19.3. The van der Waals surface area contributed by atoms with E-state index in [1.54, 1.807) is 0 Å². The first kappa shape index (κ1) is 33.0. The number of halogens is 4. The summed E-state index contributed by atoms with van der Waals surface area (Å²) in [6.07, 6.45) is -3.19. The number of carboxylic acids is 1. The van der Waals surface area contributed by atoms with Crippen molar-refractivity contribution in [2.24, 2.45) is 5.73 Å². The van der Waals surface area contributed by atoms with Crippen molar-refractivity contribution >= 4 is 46.2 Å². The first-order valence-corrected chi connectivity index (χ1v) is 12.7. The predicted octanol–water partition coefficient (Wildman–Crippen LogP) is 0.0666. The molecule has 13 nitrogen and oxygen atoms in total. The summed E-state index contributed by atoms with van der Waals surface area (Å²) in [5.74, 6) is -2.20. The fourth-order valence-corrected chi connectivity index (χ4v) is 3.81. The number of alkyl halides is 3. The van der Waals surface area contributed by atoms with E-state index in [-0.39, 0.29) is 35.7 Å². The van der Waals surface area contributed by atoms with E-state index in [9.17, 15) is 22.8 Å². The molecule has 0 saturated carbocycles. The fourth-order valence-electron chi connectivity index (χ4n) is 3.67. The van der Waals surface area contributed by atoms with Crippen LogP contribution in [0.15, 0.2) is 24.4 Å². The molecule has 0 fully saturated rings. The number of carbonyl (C=O) groups is 3. The number of nitrogens with zero attached hydrogens (tertiary/aromatic N) is 4. The molecule has 3 rings (SSSR count). The van der Waals surface area contributed by atoms with Gasteiger partial charge < -0.3 is 36.7 Å². The molecule has 0 aliphatic rings. The maximum Gasteiger partial charge on any atom is 0.430 e. The molecule has 224 valence electrons. The molecule has 2 heterocycles. The molecular weight excluding hydrogens is 573 g/mol. The second kappa shape index (κ2) is 15.0. The molecule has 0 aliphatic carbocycles. The zero-order valence-electron chi connectivity index (χ0n) is 22.3. The van der Waals surface area contributed by atoms with Crippen molar-refractivity contribution in [3.8, 4) is 5.75 Å². The summed E-state index contributed by atoms with van der Waals surface area (Å²) < 4.78 is 41.4. The third-order valence-corrected chi connectivity index (χ3v) is 5.66. The molecule has 17 heteroatoms. The second-order valence-electron chi connectivity index (χ2n) is 8.23. The van der Waals surface area contributed by atoms with Gasteiger partial charge >= 0.3 is 6.18 Å². The van der Waals surface area contributed by atoms with Gasteiger partial charge in [0.25, 0.3) is 17.6 Å². The van der Waals surface area contributed by atoms with Gasteiger partial charge in [0.2, 0.25) is 0 Å². The van der Waals surface area contributed by atoms with Crippen molar-refractivity contribution in [2.45, 2.75) is 46.1 Å². The molecule has 0 spiro atoms. The molecule has 1 aromatic carbocycles. The van der Waals surface area contributed by atoms with E-state index in [0.717, 1.165) is 16.9 Å². The predicted molar refractivity (Wildman–Crippen MR) is 139 cm³/mol. The zero-order chi connectivity index (χ0) is 30.7. The van der Waals surface area contributed by atoms with Crippen molar-refractivity contribution in [2.75, 3.05) is 25.4 Å². The number of aromatic nitrogens is 4. The molecule has 0 aliphatic heterocycles. The number of carboxylic acid groups (broad SMARTS) is 1. The van der Waals surface area contributed by atoms with E-state index in [0.29, 0.717) is 38.3 Å². The van der Waals surface area contributed by atoms with Crippen LogP contribution in [0.2, 0.25) is 5.15 Å². The van der Waals surface area contributed by atoms with Crippen LogP contribution < -0.4 is 36.5 Å². The van der Waals surface area contributed by atoms with Gasteiger partial charge in [-0.25, -0.2) is 19.1 Å². The minimum Gasteiger partial charge on any atom is -0.542 e. The highest BCUT2D eigenvalue weighted by Gasteiger charge is 2.29. The lowest BCUT2D eigenvalue weighted by Gasteiger charge is -2.07. The Morgan fingerprint density at radius 1 is 1.22 bits per heavy atom. The normalized spacial score (nSPS) is 11.0. The summed E-state index contributed by atoms with van der Waals surface area (Å²) in [5.41, 5.74) is 13.1. The van der Waals surface area contributed by atoms with E-state index < -0.39 is 18.1 Å². The summed E-state index contributed by atoms with van der Waals surface area (Å²) in [4.78, 5) is 41.3. The molecule has 0 radical (unpaired) electrons. The van der Waals surface area contributed by atoms with Gasteiger partial charge in [-0.3, -0.25) is 9.59 Å². The number of rotatable bonds is 11. The molecule has 0 unspecified atom stereocenters. The van der Waals surface area contributed by atoms with Gasteiger partial charge in [-0.15, -0.1) is 0 Å². The smallest absolute Gasteiger partial charge is 0.430 e. The maximum atomic E-state index is 12.7. The first-order valence-electron chi connectivity index (χ1n) is 12.3. The monoisotopic (exact) mass is 602 g/mol. The second-order valence-corrected chi connectivity index (χ2v) is 8.62. The van der Waals surface area contributed by atoms with Crippen molar-refractivity contribution < 1.29 is 42.0 Å². The van der Waals surface area contributed by atoms with Crippen LogP contribution in [0.1, 0.15) is 36.6 Å². The number of nitrogens with one attached hydrogen (secondary N) is 2. The van der Waals surface area contributed by atoms with Crippen LogP contribution in [0, 0.1) is 0 Å². The number of carbonyl (C=O) groups excluding carboxylic acids is 3. The molecule has 0 atom stereocenters. The van der Waals surface area contributed by atoms with Crippen LogP contribution in [0.5, 0.6) is 5.75 Å². The lowest BCUT2D eigenvalue weighted by Crippen LogP contribution is -2.40. The van der Waals surface area contributed by atoms with Crippen LogP contribution in [-0.4, -0.2) is 58.2 Å². The number of hydrogen-bond acceptors (Lipinski definition) is 9. The number of fused-ring (bicyclic) bond motifs is 1. The molecule has 41 heavy (non-hydrogen) atoms. The minimum absolute atomic E-state index is 0.00941. The molecule has 0 saturated heterocycles. The highest BCUT2D eigenvalue weighted by Crippen LogP contribution is 2.22. The molecule has 6 N–H and O–H groups in total. The summed E-state index contributed by atoms with van der Waals surface area (Å²) in [6.45, 7) is 6.60. The summed E-state index contributed by atoms with van der Waals surface area (Å²) in [6, 6.07) is 5.66. The van der Waals surface area contributed by atoms with E-state index in [4.69, 9.17) is 37.7 Å². The topological polar surface area (TPSA) is 194 Å². The van der Waals surface area contributed by atoms with Gasteiger partial charge in [-0.1, -0.05) is 11.6 Å². The van der Waals surface area contributed by atoms with Gasteiger partial charge in [0.15, 0.2) is 29.2 Å². The Morgan fingerprint density at radius 2 is 1.90 bits per heavy atom. The van der Waals surface area contributed by atoms with E-state index >= 15 is 0 Å². The standard InChI is InChI=1S/C22H29ClN8O3.C2HF3O2/c1-3-30-15-7-6-14(34-13-18(32)26-9-5-8-24)10-16(15)31(4-2)19(30)12-28-22(33)20-21(25)27-11-17(23)29-20;3-2(4,5)1(6)7/h6-7,10-11H,3-5,8-9,12-13,24H2,1-2H3,(H3-,25,26,27,28,32,33);(H,6,7). The molecule has 3 aromatic rings. The van der Waals surface area contributed by atoms with Crippen LogP contribution in [0.4, 0.5) is 19.0 Å². The largest absolute Gasteiger partial charge is 0.542 e. The maximum absolute atomic E-state index is 12.7. The average molecular weight is 603 g/mol. The van der Waals surface area contributed by atoms with E-state index in [2.05, 4.69) is 29.7 Å². The number of aliphatic carboxylic acids is 1. The molecule has 2 aromatic heterocycles. The van der Waals surface area contributed by atoms with Crippen LogP contribution >= 0.6 is 11.6 Å². The highest BCUT2D eigenvalue weighted by atomic mass is 35.5. The highest BCUT2D eigenvalue weighted by molar-refractivity contribution is 6.29. The number of aryl methyl sites for hydroxylation is 2. The van der Waals surface area contributed by atoms with Crippen LogP contribution in [0.3, 0.4) is 0 Å². The molecule has 2 amide bonds. The number of imidazole rings is 1. The fraction of sp³-hybridized carbons (Fsp3) is 0.417. The number of ether oxygens (including phenoxy) is 1. The molecule has 0 bridgehead atoms.